The maximum atomic E-state index is 12.9. The van der Waals surface area contributed by atoms with Crippen molar-refractivity contribution in [1.29, 1.82) is 0 Å². The van der Waals surface area contributed by atoms with E-state index in [0.717, 1.165) is 30.5 Å². The van der Waals surface area contributed by atoms with Gasteiger partial charge in [0.1, 0.15) is 17.3 Å². The number of nitrogens with zero attached hydrogens (tertiary/aromatic N) is 3. The zero-order valence-corrected chi connectivity index (χ0v) is 19.7. The van der Waals surface area contributed by atoms with Crippen LogP contribution in [0.5, 0.6) is 11.5 Å². The number of rotatable bonds is 7. The molecule has 0 saturated carbocycles. The van der Waals surface area contributed by atoms with Crippen LogP contribution in [0.2, 0.25) is 0 Å². The molecule has 1 saturated heterocycles. The van der Waals surface area contributed by atoms with Gasteiger partial charge in [-0.3, -0.25) is 9.67 Å². The molecule has 3 aromatic rings. The van der Waals surface area contributed by atoms with Crippen LogP contribution in [0.4, 0.5) is 0 Å². The van der Waals surface area contributed by atoms with Crippen LogP contribution in [-0.4, -0.2) is 54.8 Å². The number of aromatic nitrogens is 3. The lowest BCUT2D eigenvalue weighted by molar-refractivity contribution is 0.346. The lowest BCUT2D eigenvalue weighted by Crippen LogP contribution is -2.35. The lowest BCUT2D eigenvalue weighted by atomic mass is 10.1. The monoisotopic (exact) mass is 474 g/mol. The molecule has 0 aliphatic carbocycles. The summed E-state index contributed by atoms with van der Waals surface area (Å²) in [5.41, 5.74) is 1.63. The minimum absolute atomic E-state index is 0.286. The van der Waals surface area contributed by atoms with Crippen molar-refractivity contribution in [2.45, 2.75) is 30.6 Å². The van der Waals surface area contributed by atoms with Gasteiger partial charge in [-0.2, -0.15) is 9.40 Å². The maximum Gasteiger partial charge on any atom is 0.243 e. The summed E-state index contributed by atoms with van der Waals surface area (Å²) in [4.78, 5) is 0.286. The first kappa shape index (κ1) is 22.5. The zero-order chi connectivity index (χ0) is 22.7. The van der Waals surface area contributed by atoms with E-state index in [1.54, 1.807) is 47.4 Å². The van der Waals surface area contributed by atoms with E-state index in [1.807, 2.05) is 18.2 Å². The van der Waals surface area contributed by atoms with Crippen molar-refractivity contribution < 1.29 is 17.9 Å². The predicted octanol–water partition coefficient (Wildman–Crippen LogP) is 3.71. The van der Waals surface area contributed by atoms with Crippen molar-refractivity contribution in [2.75, 3.05) is 27.3 Å². The minimum atomic E-state index is -3.49. The van der Waals surface area contributed by atoms with Crippen LogP contribution in [-0.2, 0) is 16.4 Å². The van der Waals surface area contributed by atoms with Gasteiger partial charge in [-0.15, -0.1) is 0 Å². The zero-order valence-electron chi connectivity index (χ0n) is 18.1. The van der Waals surface area contributed by atoms with E-state index < -0.39 is 10.0 Å². The Kier molecular flexibility index (Phi) is 6.63. The van der Waals surface area contributed by atoms with E-state index in [0.29, 0.717) is 41.6 Å². The highest BCUT2D eigenvalue weighted by molar-refractivity contribution is 7.89. The second-order valence-electron chi connectivity index (χ2n) is 7.59. The molecule has 0 bridgehead atoms. The van der Waals surface area contributed by atoms with Gasteiger partial charge in [0.15, 0.2) is 4.77 Å². The lowest BCUT2D eigenvalue weighted by Gasteiger charge is -2.25. The number of benzene rings is 2. The number of hydrogen-bond donors (Lipinski definition) is 1. The number of aromatic amines is 1. The number of hydrogen-bond acceptors (Lipinski definition) is 6. The fourth-order valence-corrected chi connectivity index (χ4v) is 5.70. The number of methoxy groups -OCH3 is 2. The summed E-state index contributed by atoms with van der Waals surface area (Å²) in [7, 11) is -0.262. The third kappa shape index (κ3) is 4.43. The summed E-state index contributed by atoms with van der Waals surface area (Å²) < 4.78 is 40.5. The highest BCUT2D eigenvalue weighted by atomic mass is 32.2. The second kappa shape index (κ2) is 9.43. The Morgan fingerprint density at radius 3 is 2.41 bits per heavy atom. The molecule has 1 N–H and O–H groups in total. The molecule has 170 valence electrons. The van der Waals surface area contributed by atoms with Crippen molar-refractivity contribution in [3.8, 4) is 17.2 Å². The standard InChI is InChI=1S/C22H26N4O4S2/c1-29-18-8-11-20(30-2)16(14-18)15-21-23-24-22(31)26(21)17-6-9-19(10-7-17)32(27,28)25-12-4-3-5-13-25/h6-11,14H,3-5,12-13,15H2,1-2H3,(H,24,31). The molecule has 0 amide bonds. The normalized spacial score (nSPS) is 14.9. The topological polar surface area (TPSA) is 89.5 Å². The Morgan fingerprint density at radius 1 is 1.03 bits per heavy atom. The Balaban J connectivity index is 1.65. The van der Waals surface area contributed by atoms with Gasteiger partial charge in [0, 0.05) is 30.8 Å². The summed E-state index contributed by atoms with van der Waals surface area (Å²) in [6.07, 6.45) is 3.32. The number of ether oxygens (including phenoxy) is 2. The van der Waals surface area contributed by atoms with E-state index in [1.165, 1.54) is 0 Å². The fraction of sp³-hybridized carbons (Fsp3) is 0.364. The molecule has 2 heterocycles. The van der Waals surface area contributed by atoms with Gasteiger partial charge in [-0.25, -0.2) is 8.42 Å². The molecule has 0 atom stereocenters. The van der Waals surface area contributed by atoms with Crippen molar-refractivity contribution in [2.24, 2.45) is 0 Å². The van der Waals surface area contributed by atoms with Crippen LogP contribution in [0.25, 0.3) is 5.69 Å². The molecule has 32 heavy (non-hydrogen) atoms. The third-order valence-corrected chi connectivity index (χ3v) is 7.81. The molecule has 1 aliphatic rings. The van der Waals surface area contributed by atoms with Crippen LogP contribution < -0.4 is 9.47 Å². The highest BCUT2D eigenvalue weighted by Gasteiger charge is 2.26. The van der Waals surface area contributed by atoms with Crippen molar-refractivity contribution >= 4 is 22.2 Å². The maximum absolute atomic E-state index is 12.9. The Morgan fingerprint density at radius 2 is 1.75 bits per heavy atom. The number of piperidine rings is 1. The molecule has 0 spiro atoms. The van der Waals surface area contributed by atoms with E-state index in [4.69, 9.17) is 21.7 Å². The summed E-state index contributed by atoms with van der Waals surface area (Å²) in [5.74, 6) is 2.11. The van der Waals surface area contributed by atoms with E-state index in [9.17, 15) is 8.42 Å². The van der Waals surface area contributed by atoms with E-state index >= 15 is 0 Å². The van der Waals surface area contributed by atoms with Crippen molar-refractivity contribution in [3.05, 3.63) is 58.6 Å². The minimum Gasteiger partial charge on any atom is -0.497 e. The SMILES string of the molecule is COc1ccc(OC)c(Cc2n[nH]c(=S)n2-c2ccc(S(=O)(=O)N3CCCCC3)cc2)c1. The summed E-state index contributed by atoms with van der Waals surface area (Å²) in [6.45, 7) is 1.15. The smallest absolute Gasteiger partial charge is 0.243 e. The summed E-state index contributed by atoms with van der Waals surface area (Å²) in [6, 6.07) is 12.4. The molecule has 10 heteroatoms. The van der Waals surface area contributed by atoms with E-state index in [-0.39, 0.29) is 4.90 Å². The molecule has 1 fully saturated rings. The predicted molar refractivity (Wildman–Crippen MR) is 124 cm³/mol. The third-order valence-electron chi connectivity index (χ3n) is 5.63. The first-order valence-electron chi connectivity index (χ1n) is 10.4. The number of H-pyrrole nitrogens is 1. The molecule has 1 aromatic heterocycles. The molecule has 4 rings (SSSR count). The molecule has 0 radical (unpaired) electrons. The van der Waals surface area contributed by atoms with E-state index in [2.05, 4.69) is 10.2 Å². The molecule has 2 aromatic carbocycles. The molecule has 8 nitrogen and oxygen atoms in total. The Bertz CT molecular complexity index is 1240. The molecule has 0 unspecified atom stereocenters. The average Bonchev–Trinajstić information content (AvgIpc) is 3.19. The fourth-order valence-electron chi connectivity index (χ4n) is 3.93. The van der Waals surface area contributed by atoms with Crippen molar-refractivity contribution in [1.82, 2.24) is 19.1 Å². The largest absolute Gasteiger partial charge is 0.497 e. The summed E-state index contributed by atoms with van der Waals surface area (Å²) in [5, 5.41) is 7.22. The van der Waals surface area contributed by atoms with Crippen LogP contribution in [0.15, 0.2) is 47.4 Å². The van der Waals surface area contributed by atoms with Crippen molar-refractivity contribution in [3.63, 3.8) is 0 Å². The van der Waals surface area contributed by atoms with Crippen LogP contribution >= 0.6 is 12.2 Å². The Labute approximate surface area is 192 Å². The first-order chi connectivity index (χ1) is 15.4. The van der Waals surface area contributed by atoms with Gasteiger partial charge in [0.25, 0.3) is 0 Å². The molecular formula is C22H26N4O4S2. The van der Waals surface area contributed by atoms with Gasteiger partial charge >= 0.3 is 0 Å². The summed E-state index contributed by atoms with van der Waals surface area (Å²) >= 11 is 5.45. The van der Waals surface area contributed by atoms with Crippen LogP contribution in [0.1, 0.15) is 30.7 Å². The van der Waals surface area contributed by atoms with Gasteiger partial charge < -0.3 is 9.47 Å². The number of sulfonamides is 1. The van der Waals surface area contributed by atoms with Crippen LogP contribution in [0.3, 0.4) is 0 Å². The van der Waals surface area contributed by atoms with Gasteiger partial charge in [0.05, 0.1) is 19.1 Å². The average molecular weight is 475 g/mol. The van der Waals surface area contributed by atoms with Crippen LogP contribution in [0, 0.1) is 4.77 Å². The highest BCUT2D eigenvalue weighted by Crippen LogP contribution is 2.27. The van der Waals surface area contributed by atoms with Gasteiger partial charge in [-0.05, 0) is 67.5 Å². The quantitative estimate of drug-likeness (QED) is 0.525. The Hall–Kier alpha value is -2.69. The first-order valence-corrected chi connectivity index (χ1v) is 12.3. The molecular weight excluding hydrogens is 448 g/mol. The number of nitrogens with one attached hydrogen (secondary N) is 1. The molecule has 1 aliphatic heterocycles. The second-order valence-corrected chi connectivity index (χ2v) is 9.92. The van der Waals surface area contributed by atoms with Gasteiger partial charge in [-0.1, -0.05) is 6.42 Å². The van der Waals surface area contributed by atoms with Gasteiger partial charge in [0.2, 0.25) is 10.0 Å².